The molecule has 0 N–H and O–H groups in total. The molecule has 0 spiro atoms. The molecule has 0 unspecified atom stereocenters. The Morgan fingerprint density at radius 1 is 0.871 bits per heavy atom. The van der Waals surface area contributed by atoms with E-state index >= 15 is 0 Å². The summed E-state index contributed by atoms with van der Waals surface area (Å²) in [6.07, 6.45) is 16.0. The van der Waals surface area contributed by atoms with Crippen molar-refractivity contribution in [2.45, 2.75) is 77.6 Å². The first-order chi connectivity index (χ1) is 15.2. The van der Waals surface area contributed by atoms with Gasteiger partial charge >= 0.3 is 5.97 Å². The fourth-order valence-corrected chi connectivity index (χ4v) is 4.13. The van der Waals surface area contributed by atoms with E-state index in [1.807, 2.05) is 24.3 Å². The molecule has 3 heteroatoms. The molecule has 1 radical (unpaired) electrons. The molecule has 0 bridgehead atoms. The Hall–Kier alpha value is -2.29. The molecule has 1 aliphatic carbocycles. The van der Waals surface area contributed by atoms with Crippen molar-refractivity contribution in [2.24, 2.45) is 5.92 Å². The standard InChI is InChI=1S/C28H37O3/c1-2-3-4-5-9-22-30-26-20-16-25(17-21-26)28(29)31-27-18-14-24(15-19-27)13-12-23-10-7-6-8-11-23/h6,14-21,23H,2-5,7-13,22H2,1H3. The molecule has 0 heterocycles. The molecule has 167 valence electrons. The smallest absolute Gasteiger partial charge is 0.343 e. The number of esters is 1. The molecule has 1 aliphatic rings. The van der Waals surface area contributed by atoms with E-state index in [2.05, 4.69) is 25.5 Å². The molecule has 3 rings (SSSR count). The number of rotatable bonds is 12. The Morgan fingerprint density at radius 3 is 2.26 bits per heavy atom. The van der Waals surface area contributed by atoms with Gasteiger partial charge < -0.3 is 9.47 Å². The van der Waals surface area contributed by atoms with Crippen LogP contribution >= 0.6 is 0 Å². The van der Waals surface area contributed by atoms with Crippen molar-refractivity contribution in [1.82, 2.24) is 0 Å². The third-order valence-electron chi connectivity index (χ3n) is 6.14. The summed E-state index contributed by atoms with van der Waals surface area (Å²) >= 11 is 0. The summed E-state index contributed by atoms with van der Waals surface area (Å²) < 4.78 is 11.3. The maximum atomic E-state index is 12.4. The van der Waals surface area contributed by atoms with Crippen molar-refractivity contribution in [2.75, 3.05) is 6.61 Å². The van der Waals surface area contributed by atoms with Crippen molar-refractivity contribution >= 4 is 5.97 Å². The highest BCUT2D eigenvalue weighted by Gasteiger charge is 2.13. The summed E-state index contributed by atoms with van der Waals surface area (Å²) in [5.41, 5.74) is 1.85. The highest BCUT2D eigenvalue weighted by Crippen LogP contribution is 2.27. The SMILES string of the molecule is CCCCCCCOc1ccc(C(=O)Oc2ccc(CCC3CC[CH]CC3)cc2)cc1. The molecular formula is C28H37O3. The van der Waals surface area contributed by atoms with Crippen LogP contribution in [0.15, 0.2) is 48.5 Å². The normalized spacial score (nSPS) is 14.4. The summed E-state index contributed by atoms with van der Waals surface area (Å²) in [5, 5.41) is 0. The van der Waals surface area contributed by atoms with Gasteiger partial charge in [0.2, 0.25) is 0 Å². The predicted molar refractivity (Wildman–Crippen MR) is 127 cm³/mol. The molecule has 0 atom stereocenters. The van der Waals surface area contributed by atoms with Crippen LogP contribution in [0.5, 0.6) is 11.5 Å². The average molecular weight is 422 g/mol. The first kappa shape index (κ1) is 23.4. The van der Waals surface area contributed by atoms with Crippen LogP contribution in [0.25, 0.3) is 0 Å². The second-order valence-corrected chi connectivity index (χ2v) is 8.67. The number of carbonyl (C=O) groups excluding carboxylic acids is 1. The van der Waals surface area contributed by atoms with Gasteiger partial charge in [-0.3, -0.25) is 0 Å². The van der Waals surface area contributed by atoms with E-state index in [1.165, 1.54) is 63.4 Å². The zero-order valence-electron chi connectivity index (χ0n) is 19.0. The van der Waals surface area contributed by atoms with E-state index in [-0.39, 0.29) is 5.97 Å². The molecule has 0 amide bonds. The van der Waals surface area contributed by atoms with Gasteiger partial charge in [0.25, 0.3) is 0 Å². The third-order valence-corrected chi connectivity index (χ3v) is 6.14. The Labute approximate surface area is 188 Å². The van der Waals surface area contributed by atoms with Gasteiger partial charge in [-0.05, 0) is 86.4 Å². The molecule has 31 heavy (non-hydrogen) atoms. The second-order valence-electron chi connectivity index (χ2n) is 8.67. The van der Waals surface area contributed by atoms with Crippen LogP contribution in [0.1, 0.15) is 87.1 Å². The van der Waals surface area contributed by atoms with Gasteiger partial charge in [0.1, 0.15) is 11.5 Å². The first-order valence-electron chi connectivity index (χ1n) is 12.1. The number of ether oxygens (including phenoxy) is 2. The van der Waals surface area contributed by atoms with Crippen molar-refractivity contribution < 1.29 is 14.3 Å². The van der Waals surface area contributed by atoms with Gasteiger partial charge in [-0.15, -0.1) is 0 Å². The van der Waals surface area contributed by atoms with Crippen molar-refractivity contribution in [3.8, 4) is 11.5 Å². The number of benzene rings is 2. The Bertz CT molecular complexity index is 758. The van der Waals surface area contributed by atoms with Crippen molar-refractivity contribution in [1.29, 1.82) is 0 Å². The first-order valence-corrected chi connectivity index (χ1v) is 12.1. The minimum atomic E-state index is -0.336. The van der Waals surface area contributed by atoms with E-state index in [9.17, 15) is 4.79 Å². The average Bonchev–Trinajstić information content (AvgIpc) is 2.82. The van der Waals surface area contributed by atoms with Crippen molar-refractivity contribution in [3.63, 3.8) is 0 Å². The maximum Gasteiger partial charge on any atom is 0.343 e. The number of unbranched alkanes of at least 4 members (excludes halogenated alkanes) is 4. The second kappa shape index (κ2) is 13.2. The van der Waals surface area contributed by atoms with Crippen LogP contribution in [0.4, 0.5) is 0 Å². The lowest BCUT2D eigenvalue weighted by atomic mass is 9.85. The Morgan fingerprint density at radius 2 is 1.55 bits per heavy atom. The number of aryl methyl sites for hydroxylation is 1. The molecule has 1 saturated carbocycles. The molecule has 1 fully saturated rings. The monoisotopic (exact) mass is 421 g/mol. The van der Waals surface area contributed by atoms with Crippen LogP contribution < -0.4 is 9.47 Å². The fraction of sp³-hybridized carbons (Fsp3) is 0.500. The fourth-order valence-electron chi connectivity index (χ4n) is 4.13. The third kappa shape index (κ3) is 8.40. The van der Waals surface area contributed by atoms with E-state index in [1.54, 1.807) is 12.1 Å². The van der Waals surface area contributed by atoms with Gasteiger partial charge in [-0.2, -0.15) is 0 Å². The Balaban J connectivity index is 1.39. The summed E-state index contributed by atoms with van der Waals surface area (Å²) in [5.74, 6) is 1.91. The molecule has 2 aromatic carbocycles. The highest BCUT2D eigenvalue weighted by molar-refractivity contribution is 5.91. The summed E-state index contributed by atoms with van der Waals surface area (Å²) in [4.78, 5) is 12.4. The molecule has 2 aromatic rings. The van der Waals surface area contributed by atoms with Crippen LogP contribution in [0.3, 0.4) is 0 Å². The number of hydrogen-bond donors (Lipinski definition) is 0. The molecule has 0 saturated heterocycles. The largest absolute Gasteiger partial charge is 0.494 e. The predicted octanol–water partition coefficient (Wildman–Crippen LogP) is 7.58. The van der Waals surface area contributed by atoms with Gasteiger partial charge in [-0.25, -0.2) is 4.79 Å². The van der Waals surface area contributed by atoms with Crippen LogP contribution in [0, 0.1) is 12.3 Å². The lowest BCUT2D eigenvalue weighted by molar-refractivity contribution is 0.0734. The zero-order valence-corrected chi connectivity index (χ0v) is 19.0. The summed E-state index contributed by atoms with van der Waals surface area (Å²) in [6, 6.07) is 15.2. The lowest BCUT2D eigenvalue weighted by Gasteiger charge is -2.21. The minimum absolute atomic E-state index is 0.336. The number of hydrogen-bond acceptors (Lipinski definition) is 3. The topological polar surface area (TPSA) is 35.5 Å². The zero-order chi connectivity index (χ0) is 21.7. The van der Waals surface area contributed by atoms with E-state index in [0.29, 0.717) is 11.3 Å². The van der Waals surface area contributed by atoms with Gasteiger partial charge in [0, 0.05) is 0 Å². The molecule has 0 aromatic heterocycles. The van der Waals surface area contributed by atoms with Crippen molar-refractivity contribution in [3.05, 3.63) is 66.1 Å². The number of carbonyl (C=O) groups is 1. The van der Waals surface area contributed by atoms with Gasteiger partial charge in [-0.1, -0.05) is 57.6 Å². The molecule has 0 aliphatic heterocycles. The Kier molecular flexibility index (Phi) is 9.95. The van der Waals surface area contributed by atoms with E-state index in [0.717, 1.165) is 31.1 Å². The summed E-state index contributed by atoms with van der Waals surface area (Å²) in [7, 11) is 0. The van der Waals surface area contributed by atoms with Gasteiger partial charge in [0.15, 0.2) is 0 Å². The minimum Gasteiger partial charge on any atom is -0.494 e. The molecular weight excluding hydrogens is 384 g/mol. The van der Waals surface area contributed by atoms with E-state index < -0.39 is 0 Å². The lowest BCUT2D eigenvalue weighted by Crippen LogP contribution is -2.09. The molecule has 3 nitrogen and oxygen atoms in total. The van der Waals surface area contributed by atoms with Crippen LogP contribution in [0.2, 0.25) is 0 Å². The summed E-state index contributed by atoms with van der Waals surface area (Å²) in [6.45, 7) is 2.94. The maximum absolute atomic E-state index is 12.4. The quantitative estimate of drug-likeness (QED) is 0.201. The van der Waals surface area contributed by atoms with Crippen LogP contribution in [-0.4, -0.2) is 12.6 Å². The highest BCUT2D eigenvalue weighted by atomic mass is 16.5. The van der Waals surface area contributed by atoms with Gasteiger partial charge in [0.05, 0.1) is 12.2 Å². The van der Waals surface area contributed by atoms with Crippen LogP contribution in [-0.2, 0) is 6.42 Å². The van der Waals surface area contributed by atoms with E-state index in [4.69, 9.17) is 9.47 Å².